The maximum atomic E-state index is 12.3. The molecule has 0 spiro atoms. The van der Waals surface area contributed by atoms with Gasteiger partial charge >= 0.3 is 0 Å². The van der Waals surface area contributed by atoms with Crippen LogP contribution in [0.3, 0.4) is 0 Å². The van der Waals surface area contributed by atoms with E-state index in [1.54, 1.807) is 36.4 Å². The maximum absolute atomic E-state index is 12.3. The second kappa shape index (κ2) is 7.93. The summed E-state index contributed by atoms with van der Waals surface area (Å²) in [7, 11) is 0. The van der Waals surface area contributed by atoms with E-state index in [1.807, 2.05) is 24.3 Å². The predicted octanol–water partition coefficient (Wildman–Crippen LogP) is 5.09. The van der Waals surface area contributed by atoms with Crippen LogP contribution in [0.5, 0.6) is 11.6 Å². The van der Waals surface area contributed by atoms with Gasteiger partial charge in [-0.05, 0) is 43.3 Å². The van der Waals surface area contributed by atoms with Crippen LogP contribution in [-0.2, 0) is 0 Å². The number of carbonyl (C=O) groups is 2. The fourth-order valence-corrected chi connectivity index (χ4v) is 2.62. The first-order valence-electron chi connectivity index (χ1n) is 7.83. The summed E-state index contributed by atoms with van der Waals surface area (Å²) in [6, 6.07) is 17.4. The van der Waals surface area contributed by atoms with Gasteiger partial charge in [-0.3, -0.25) is 9.59 Å². The fourth-order valence-electron chi connectivity index (χ4n) is 2.25. The first kappa shape index (κ1) is 17.8. The molecule has 6 heteroatoms. The lowest BCUT2D eigenvalue weighted by Crippen LogP contribution is -2.12. The fraction of sp³-hybridized carbons (Fsp3) is 0.0500. The molecule has 0 atom stereocenters. The number of hydrogen-bond acceptors (Lipinski definition) is 4. The highest BCUT2D eigenvalue weighted by Gasteiger charge is 2.09. The molecule has 3 aromatic rings. The highest BCUT2D eigenvalue weighted by atomic mass is 79.9. The maximum Gasteiger partial charge on any atom is 0.257 e. The Bertz CT molecular complexity index is 955. The zero-order valence-corrected chi connectivity index (χ0v) is 15.5. The van der Waals surface area contributed by atoms with Crippen LogP contribution in [0.4, 0.5) is 5.69 Å². The van der Waals surface area contributed by atoms with Crippen molar-refractivity contribution in [3.63, 3.8) is 0 Å². The lowest BCUT2D eigenvalue weighted by atomic mass is 10.1. The minimum Gasteiger partial charge on any atom is -0.439 e. The average molecular weight is 411 g/mol. The van der Waals surface area contributed by atoms with Gasteiger partial charge in [-0.25, -0.2) is 4.98 Å². The van der Waals surface area contributed by atoms with Gasteiger partial charge in [0.2, 0.25) is 5.88 Å². The molecule has 0 saturated carbocycles. The number of nitrogens with zero attached hydrogens (tertiary/aromatic N) is 1. The van der Waals surface area contributed by atoms with Crippen LogP contribution in [-0.4, -0.2) is 16.7 Å². The normalized spacial score (nSPS) is 10.2. The molecule has 0 fully saturated rings. The SMILES string of the molecule is CC(=O)c1cccc(NC(=O)c2ccc(Oc3cccc(Br)c3)nc2)c1. The number of Topliss-reactive ketones (excluding diaryl/α,β-unsaturated/α-hetero) is 1. The highest BCUT2D eigenvalue weighted by Crippen LogP contribution is 2.23. The smallest absolute Gasteiger partial charge is 0.257 e. The van der Waals surface area contributed by atoms with Gasteiger partial charge in [0.25, 0.3) is 5.91 Å². The van der Waals surface area contributed by atoms with Crippen LogP contribution in [0.1, 0.15) is 27.6 Å². The molecule has 26 heavy (non-hydrogen) atoms. The van der Waals surface area contributed by atoms with E-state index in [0.29, 0.717) is 28.4 Å². The Balaban J connectivity index is 1.69. The molecule has 0 aliphatic rings. The number of ether oxygens (including phenoxy) is 1. The average Bonchev–Trinajstić information content (AvgIpc) is 2.62. The predicted molar refractivity (Wildman–Crippen MR) is 103 cm³/mol. The molecule has 130 valence electrons. The molecule has 1 amide bonds. The number of halogens is 1. The van der Waals surface area contributed by atoms with Crippen molar-refractivity contribution in [2.24, 2.45) is 0 Å². The summed E-state index contributed by atoms with van der Waals surface area (Å²) in [5.74, 6) is 0.660. The lowest BCUT2D eigenvalue weighted by molar-refractivity contribution is 0.101. The molecule has 0 bridgehead atoms. The van der Waals surface area contributed by atoms with E-state index >= 15 is 0 Å². The standard InChI is InChI=1S/C20H15BrN2O3/c1-13(24)14-4-2-6-17(10-14)23-20(25)15-8-9-19(22-12-15)26-18-7-3-5-16(21)11-18/h2-12H,1H3,(H,23,25). The molecule has 0 radical (unpaired) electrons. The van der Waals surface area contributed by atoms with Crippen LogP contribution in [0.25, 0.3) is 0 Å². The first-order valence-corrected chi connectivity index (χ1v) is 8.62. The number of anilines is 1. The topological polar surface area (TPSA) is 68.3 Å². The van der Waals surface area contributed by atoms with Crippen molar-refractivity contribution in [3.05, 3.63) is 82.5 Å². The lowest BCUT2D eigenvalue weighted by Gasteiger charge is -2.08. The van der Waals surface area contributed by atoms with Gasteiger partial charge in [-0.15, -0.1) is 0 Å². The Morgan fingerprint density at radius 3 is 2.50 bits per heavy atom. The van der Waals surface area contributed by atoms with Crippen molar-refractivity contribution in [2.75, 3.05) is 5.32 Å². The summed E-state index contributed by atoms with van der Waals surface area (Å²) in [6.45, 7) is 1.48. The quantitative estimate of drug-likeness (QED) is 0.594. The Labute approximate surface area is 159 Å². The Morgan fingerprint density at radius 1 is 1.00 bits per heavy atom. The van der Waals surface area contributed by atoms with E-state index in [9.17, 15) is 9.59 Å². The molecule has 0 saturated heterocycles. The summed E-state index contributed by atoms with van der Waals surface area (Å²) in [5.41, 5.74) is 1.48. The summed E-state index contributed by atoms with van der Waals surface area (Å²) < 4.78 is 6.55. The second-order valence-corrected chi connectivity index (χ2v) is 6.45. The summed E-state index contributed by atoms with van der Waals surface area (Å²) in [6.07, 6.45) is 1.44. The molecular weight excluding hydrogens is 396 g/mol. The Kier molecular flexibility index (Phi) is 5.43. The number of aromatic nitrogens is 1. The van der Waals surface area contributed by atoms with Gasteiger partial charge in [-0.1, -0.05) is 34.1 Å². The molecule has 0 unspecified atom stereocenters. The largest absolute Gasteiger partial charge is 0.439 e. The van der Waals surface area contributed by atoms with Gasteiger partial charge in [-0.2, -0.15) is 0 Å². The van der Waals surface area contributed by atoms with Gasteiger partial charge < -0.3 is 10.1 Å². The van der Waals surface area contributed by atoms with Gasteiger partial charge in [0.05, 0.1) is 5.56 Å². The summed E-state index contributed by atoms with van der Waals surface area (Å²) >= 11 is 3.38. The number of ketones is 1. The molecule has 3 rings (SSSR count). The van der Waals surface area contributed by atoms with E-state index in [1.165, 1.54) is 13.1 Å². The molecule has 1 aromatic heterocycles. The molecule has 0 aliphatic carbocycles. The molecule has 5 nitrogen and oxygen atoms in total. The van der Waals surface area contributed by atoms with Crippen LogP contribution in [0.2, 0.25) is 0 Å². The highest BCUT2D eigenvalue weighted by molar-refractivity contribution is 9.10. The third-order valence-electron chi connectivity index (χ3n) is 3.54. The van der Waals surface area contributed by atoms with Crippen molar-refractivity contribution >= 4 is 33.3 Å². The monoisotopic (exact) mass is 410 g/mol. The molecule has 0 aliphatic heterocycles. The number of rotatable bonds is 5. The van der Waals surface area contributed by atoms with E-state index in [-0.39, 0.29) is 11.7 Å². The number of amides is 1. The van der Waals surface area contributed by atoms with Crippen molar-refractivity contribution < 1.29 is 14.3 Å². The van der Waals surface area contributed by atoms with E-state index in [0.717, 1.165) is 4.47 Å². The summed E-state index contributed by atoms with van der Waals surface area (Å²) in [5, 5.41) is 2.75. The number of pyridine rings is 1. The van der Waals surface area contributed by atoms with Crippen molar-refractivity contribution in [2.45, 2.75) is 6.92 Å². The van der Waals surface area contributed by atoms with Crippen LogP contribution in [0, 0.1) is 0 Å². The molecule has 2 aromatic carbocycles. The van der Waals surface area contributed by atoms with E-state index in [2.05, 4.69) is 26.2 Å². The number of benzene rings is 2. The molecule has 1 heterocycles. The van der Waals surface area contributed by atoms with E-state index in [4.69, 9.17) is 4.74 Å². The minimum atomic E-state index is -0.313. The third kappa shape index (κ3) is 4.55. The molecule has 1 N–H and O–H groups in total. The zero-order valence-electron chi connectivity index (χ0n) is 13.9. The Morgan fingerprint density at radius 2 is 1.81 bits per heavy atom. The first-order chi connectivity index (χ1) is 12.5. The van der Waals surface area contributed by atoms with Gasteiger partial charge in [0, 0.05) is 28.0 Å². The number of nitrogens with one attached hydrogen (secondary N) is 1. The Hall–Kier alpha value is -2.99. The van der Waals surface area contributed by atoms with E-state index < -0.39 is 0 Å². The molecular formula is C20H15BrN2O3. The van der Waals surface area contributed by atoms with Crippen molar-refractivity contribution in [1.82, 2.24) is 4.98 Å². The van der Waals surface area contributed by atoms with Crippen LogP contribution in [0.15, 0.2) is 71.3 Å². The van der Waals surface area contributed by atoms with Crippen molar-refractivity contribution in [3.8, 4) is 11.6 Å². The zero-order chi connectivity index (χ0) is 18.5. The summed E-state index contributed by atoms with van der Waals surface area (Å²) in [4.78, 5) is 27.9. The van der Waals surface area contributed by atoms with Crippen molar-refractivity contribution in [1.29, 1.82) is 0 Å². The van der Waals surface area contributed by atoms with Gasteiger partial charge in [0.1, 0.15) is 5.75 Å². The number of hydrogen-bond donors (Lipinski definition) is 1. The second-order valence-electron chi connectivity index (χ2n) is 5.54. The van der Waals surface area contributed by atoms with Gasteiger partial charge in [0.15, 0.2) is 5.78 Å². The third-order valence-corrected chi connectivity index (χ3v) is 4.04. The minimum absolute atomic E-state index is 0.0585. The number of carbonyl (C=O) groups excluding carboxylic acids is 2. The van der Waals surface area contributed by atoms with Crippen LogP contribution >= 0.6 is 15.9 Å². The van der Waals surface area contributed by atoms with Crippen LogP contribution < -0.4 is 10.1 Å².